The number of hydrogen-bond acceptors (Lipinski definition) is 4. The Bertz CT molecular complexity index is 227. The lowest BCUT2D eigenvalue weighted by Crippen LogP contribution is -2.07. The third-order valence-corrected chi connectivity index (χ3v) is 1.20. The molecule has 0 aliphatic rings. The molecule has 12 heavy (non-hydrogen) atoms. The smallest absolute Gasteiger partial charge is 0.376 e. The molecule has 0 unspecified atom stereocenters. The molecule has 1 rings (SSSR count). The van der Waals surface area contributed by atoms with Gasteiger partial charge < -0.3 is 13.9 Å². The molecule has 0 aliphatic heterocycles. The monoisotopic (exact) mass is 170 g/mol. The second-order valence-corrected chi connectivity index (χ2v) is 2.02. The Morgan fingerprint density at radius 1 is 1.67 bits per heavy atom. The number of esters is 1. The molecular weight excluding hydrogens is 160 g/mol. The van der Waals surface area contributed by atoms with Crippen LogP contribution in [0, 0.1) is 0 Å². The van der Waals surface area contributed by atoms with Gasteiger partial charge in [-0.15, -0.1) is 0 Å². The highest BCUT2D eigenvalue weighted by Gasteiger charge is 2.08. The van der Waals surface area contributed by atoms with Crippen LogP contribution in [-0.4, -0.2) is 19.4 Å². The molecule has 0 spiro atoms. The van der Waals surface area contributed by atoms with Gasteiger partial charge in [0.2, 0.25) is 5.76 Å². The Kier molecular flexibility index (Phi) is 3.35. The molecule has 66 valence electrons. The molecule has 0 radical (unpaired) electrons. The number of furan rings is 1. The fourth-order valence-electron chi connectivity index (χ4n) is 0.644. The predicted molar refractivity (Wildman–Crippen MR) is 40.6 cm³/mol. The van der Waals surface area contributed by atoms with E-state index in [1.807, 2.05) is 6.92 Å². The fourth-order valence-corrected chi connectivity index (χ4v) is 0.644. The van der Waals surface area contributed by atoms with Gasteiger partial charge in [-0.05, 0) is 19.1 Å². The van der Waals surface area contributed by atoms with Crippen molar-refractivity contribution in [3.05, 3.63) is 24.2 Å². The van der Waals surface area contributed by atoms with Gasteiger partial charge in [-0.25, -0.2) is 4.79 Å². The van der Waals surface area contributed by atoms with Crippen LogP contribution in [0.2, 0.25) is 0 Å². The molecule has 0 fully saturated rings. The van der Waals surface area contributed by atoms with Crippen molar-refractivity contribution in [3.63, 3.8) is 0 Å². The van der Waals surface area contributed by atoms with E-state index in [9.17, 15) is 4.79 Å². The molecule has 0 amide bonds. The molecule has 0 bridgehead atoms. The summed E-state index contributed by atoms with van der Waals surface area (Å²) in [5, 5.41) is 0. The molecule has 0 aliphatic carbocycles. The number of rotatable bonds is 4. The highest BCUT2D eigenvalue weighted by atomic mass is 16.7. The van der Waals surface area contributed by atoms with Crippen molar-refractivity contribution < 1.29 is 18.7 Å². The maximum Gasteiger partial charge on any atom is 0.376 e. The van der Waals surface area contributed by atoms with Crippen LogP contribution in [0.5, 0.6) is 0 Å². The average Bonchev–Trinajstić information content (AvgIpc) is 2.56. The van der Waals surface area contributed by atoms with Gasteiger partial charge in [-0.1, -0.05) is 0 Å². The lowest BCUT2D eigenvalue weighted by molar-refractivity contribution is -0.0295. The number of carbonyl (C=O) groups excluding carboxylic acids is 1. The molecule has 4 nitrogen and oxygen atoms in total. The second kappa shape index (κ2) is 4.56. The molecule has 0 atom stereocenters. The lowest BCUT2D eigenvalue weighted by Gasteiger charge is -2.00. The van der Waals surface area contributed by atoms with Crippen molar-refractivity contribution in [3.8, 4) is 0 Å². The third kappa shape index (κ3) is 2.39. The quantitative estimate of drug-likeness (QED) is 0.389. The lowest BCUT2D eigenvalue weighted by atomic mass is 10.5. The molecule has 0 saturated heterocycles. The van der Waals surface area contributed by atoms with Crippen molar-refractivity contribution >= 4 is 5.97 Å². The van der Waals surface area contributed by atoms with E-state index in [1.54, 1.807) is 6.07 Å². The van der Waals surface area contributed by atoms with Crippen LogP contribution in [0.1, 0.15) is 17.5 Å². The molecular formula is C8H10O4. The van der Waals surface area contributed by atoms with Gasteiger partial charge in [0.15, 0.2) is 6.79 Å². The van der Waals surface area contributed by atoms with Crippen LogP contribution in [0.25, 0.3) is 0 Å². The van der Waals surface area contributed by atoms with E-state index >= 15 is 0 Å². The van der Waals surface area contributed by atoms with Crippen LogP contribution in [0.3, 0.4) is 0 Å². The minimum absolute atomic E-state index is 0.0317. The summed E-state index contributed by atoms with van der Waals surface area (Å²) < 4.78 is 14.3. The Balaban J connectivity index is 2.30. The maximum atomic E-state index is 11.0. The highest BCUT2D eigenvalue weighted by Crippen LogP contribution is 2.01. The van der Waals surface area contributed by atoms with E-state index in [1.165, 1.54) is 12.3 Å². The predicted octanol–water partition coefficient (Wildman–Crippen LogP) is 1.43. The van der Waals surface area contributed by atoms with Gasteiger partial charge in [0.25, 0.3) is 0 Å². The molecule has 0 N–H and O–H groups in total. The van der Waals surface area contributed by atoms with Crippen molar-refractivity contribution in [2.24, 2.45) is 0 Å². The van der Waals surface area contributed by atoms with Gasteiger partial charge in [0.05, 0.1) is 6.26 Å². The molecule has 0 saturated carbocycles. The summed E-state index contributed by atoms with van der Waals surface area (Å²) in [4.78, 5) is 11.0. The van der Waals surface area contributed by atoms with Crippen LogP contribution in [-0.2, 0) is 9.47 Å². The van der Waals surface area contributed by atoms with E-state index in [-0.39, 0.29) is 12.6 Å². The Labute approximate surface area is 70.1 Å². The van der Waals surface area contributed by atoms with E-state index < -0.39 is 5.97 Å². The second-order valence-electron chi connectivity index (χ2n) is 2.02. The molecule has 0 aromatic carbocycles. The molecule has 1 aromatic rings. The summed E-state index contributed by atoms with van der Waals surface area (Å²) in [6.07, 6.45) is 1.41. The first kappa shape index (κ1) is 8.80. The van der Waals surface area contributed by atoms with Crippen molar-refractivity contribution in [1.82, 2.24) is 0 Å². The zero-order chi connectivity index (χ0) is 8.81. The SMILES string of the molecule is CCOCOC(=O)c1ccco1. The summed E-state index contributed by atoms with van der Waals surface area (Å²) in [5.41, 5.74) is 0. The minimum atomic E-state index is -0.506. The standard InChI is InChI=1S/C8H10O4/c1-2-10-6-12-8(9)7-4-3-5-11-7/h3-5H,2,6H2,1H3. The largest absolute Gasteiger partial charge is 0.457 e. The number of ether oxygens (including phenoxy) is 2. The first-order valence-corrected chi connectivity index (χ1v) is 3.63. The summed E-state index contributed by atoms with van der Waals surface area (Å²) in [6, 6.07) is 3.16. The average molecular weight is 170 g/mol. The zero-order valence-corrected chi connectivity index (χ0v) is 6.78. The summed E-state index contributed by atoms with van der Waals surface area (Å²) >= 11 is 0. The van der Waals surface area contributed by atoms with Gasteiger partial charge in [-0.3, -0.25) is 0 Å². The number of hydrogen-bond donors (Lipinski definition) is 0. The van der Waals surface area contributed by atoms with E-state index in [0.29, 0.717) is 6.61 Å². The Hall–Kier alpha value is -1.29. The molecule has 1 aromatic heterocycles. The topological polar surface area (TPSA) is 48.7 Å². The number of carbonyl (C=O) groups is 1. The third-order valence-electron chi connectivity index (χ3n) is 1.20. The summed E-state index contributed by atoms with van der Waals surface area (Å²) in [6.45, 7) is 2.31. The normalized spacial score (nSPS) is 9.75. The van der Waals surface area contributed by atoms with Crippen LogP contribution in [0.4, 0.5) is 0 Å². The van der Waals surface area contributed by atoms with Gasteiger partial charge in [0.1, 0.15) is 0 Å². The van der Waals surface area contributed by atoms with Crippen molar-refractivity contribution in [2.75, 3.05) is 13.4 Å². The first-order valence-electron chi connectivity index (χ1n) is 3.63. The van der Waals surface area contributed by atoms with Crippen LogP contribution >= 0.6 is 0 Å². The van der Waals surface area contributed by atoms with Crippen LogP contribution in [0.15, 0.2) is 22.8 Å². The van der Waals surface area contributed by atoms with Gasteiger partial charge in [-0.2, -0.15) is 0 Å². The first-order chi connectivity index (χ1) is 5.84. The van der Waals surface area contributed by atoms with Crippen LogP contribution < -0.4 is 0 Å². The molecule has 1 heterocycles. The fraction of sp³-hybridized carbons (Fsp3) is 0.375. The van der Waals surface area contributed by atoms with Gasteiger partial charge >= 0.3 is 5.97 Å². The maximum absolute atomic E-state index is 11.0. The zero-order valence-electron chi connectivity index (χ0n) is 6.78. The highest BCUT2D eigenvalue weighted by molar-refractivity contribution is 5.86. The minimum Gasteiger partial charge on any atom is -0.457 e. The van der Waals surface area contributed by atoms with Gasteiger partial charge in [0, 0.05) is 6.61 Å². The molecule has 4 heteroatoms. The van der Waals surface area contributed by atoms with E-state index in [2.05, 4.69) is 4.74 Å². The van der Waals surface area contributed by atoms with E-state index in [0.717, 1.165) is 0 Å². The Morgan fingerprint density at radius 2 is 2.50 bits per heavy atom. The summed E-state index contributed by atoms with van der Waals surface area (Å²) in [7, 11) is 0. The van der Waals surface area contributed by atoms with E-state index in [4.69, 9.17) is 9.15 Å². The van der Waals surface area contributed by atoms with Crippen molar-refractivity contribution in [1.29, 1.82) is 0 Å². The summed E-state index contributed by atoms with van der Waals surface area (Å²) in [5.74, 6) is -0.317. The Morgan fingerprint density at radius 3 is 3.08 bits per heavy atom. The van der Waals surface area contributed by atoms with Crippen molar-refractivity contribution in [2.45, 2.75) is 6.92 Å².